The lowest BCUT2D eigenvalue weighted by Gasteiger charge is -2.31. The summed E-state index contributed by atoms with van der Waals surface area (Å²) in [5, 5.41) is 3.36. The van der Waals surface area contributed by atoms with Crippen LogP contribution in [0.3, 0.4) is 0 Å². The number of rotatable bonds is 3. The summed E-state index contributed by atoms with van der Waals surface area (Å²) in [5.41, 5.74) is 1.07. The van der Waals surface area contributed by atoms with Crippen LogP contribution < -0.4 is 10.2 Å². The molecule has 2 rings (SSSR count). The minimum Gasteiger partial charge on any atom is -0.378 e. The standard InChI is InChI=1S/C15H26N4O/c1-6-16-12-11(2)13(19-7-9-20-10-8-19)18-14(17-12)15(3,4)5/h6-10H2,1-5H3,(H,16,17,18). The molecule has 0 radical (unpaired) electrons. The molecule has 0 aliphatic carbocycles. The van der Waals surface area contributed by atoms with Crippen LogP contribution in [-0.2, 0) is 10.2 Å². The number of morpholine rings is 1. The largest absolute Gasteiger partial charge is 0.378 e. The first-order valence-corrected chi connectivity index (χ1v) is 7.39. The van der Waals surface area contributed by atoms with Crippen molar-refractivity contribution in [2.75, 3.05) is 43.1 Å². The number of aromatic nitrogens is 2. The first-order chi connectivity index (χ1) is 9.43. The predicted molar refractivity (Wildman–Crippen MR) is 82.7 cm³/mol. The third kappa shape index (κ3) is 3.20. The van der Waals surface area contributed by atoms with E-state index in [0.29, 0.717) is 0 Å². The van der Waals surface area contributed by atoms with Crippen LogP contribution in [0.5, 0.6) is 0 Å². The van der Waals surface area contributed by atoms with Crippen molar-refractivity contribution < 1.29 is 4.74 Å². The maximum absolute atomic E-state index is 5.44. The molecule has 1 aliphatic heterocycles. The molecule has 0 spiro atoms. The highest BCUT2D eigenvalue weighted by Crippen LogP contribution is 2.28. The van der Waals surface area contributed by atoms with Crippen molar-refractivity contribution in [3.63, 3.8) is 0 Å². The van der Waals surface area contributed by atoms with E-state index in [-0.39, 0.29) is 5.41 Å². The third-order valence-corrected chi connectivity index (χ3v) is 3.45. The van der Waals surface area contributed by atoms with Crippen molar-refractivity contribution in [1.82, 2.24) is 9.97 Å². The van der Waals surface area contributed by atoms with Gasteiger partial charge in [-0.25, -0.2) is 9.97 Å². The molecule has 0 aromatic carbocycles. The highest BCUT2D eigenvalue weighted by Gasteiger charge is 2.24. The summed E-state index contributed by atoms with van der Waals surface area (Å²) < 4.78 is 5.44. The molecule has 1 fully saturated rings. The van der Waals surface area contributed by atoms with Crippen LogP contribution in [0.1, 0.15) is 39.1 Å². The monoisotopic (exact) mass is 278 g/mol. The number of nitrogens with one attached hydrogen (secondary N) is 1. The molecule has 2 heterocycles. The normalized spacial score (nSPS) is 16.4. The molecule has 20 heavy (non-hydrogen) atoms. The lowest BCUT2D eigenvalue weighted by molar-refractivity contribution is 0.122. The summed E-state index contributed by atoms with van der Waals surface area (Å²) >= 11 is 0. The minimum atomic E-state index is -0.0566. The smallest absolute Gasteiger partial charge is 0.138 e. The molecule has 1 aliphatic rings. The van der Waals surface area contributed by atoms with E-state index >= 15 is 0 Å². The van der Waals surface area contributed by atoms with Crippen molar-refractivity contribution in [3.05, 3.63) is 11.4 Å². The summed E-state index contributed by atoms with van der Waals surface area (Å²) in [7, 11) is 0. The zero-order chi connectivity index (χ0) is 14.8. The second-order valence-corrected chi connectivity index (χ2v) is 6.22. The van der Waals surface area contributed by atoms with E-state index in [9.17, 15) is 0 Å². The maximum Gasteiger partial charge on any atom is 0.138 e. The maximum atomic E-state index is 5.44. The van der Waals surface area contributed by atoms with Crippen LogP contribution in [0, 0.1) is 6.92 Å². The average Bonchev–Trinajstić information content (AvgIpc) is 2.41. The Balaban J connectivity index is 2.44. The van der Waals surface area contributed by atoms with E-state index in [0.717, 1.165) is 55.9 Å². The van der Waals surface area contributed by atoms with Gasteiger partial charge in [-0.3, -0.25) is 0 Å². The fourth-order valence-corrected chi connectivity index (χ4v) is 2.26. The SMILES string of the molecule is CCNc1nc(C(C)(C)C)nc(N2CCOCC2)c1C. The molecule has 0 unspecified atom stereocenters. The van der Waals surface area contributed by atoms with Gasteiger partial charge in [0.05, 0.1) is 13.2 Å². The Morgan fingerprint density at radius 1 is 1.20 bits per heavy atom. The molecular formula is C15H26N4O. The van der Waals surface area contributed by atoms with E-state index in [4.69, 9.17) is 14.7 Å². The molecule has 1 aromatic heterocycles. The quantitative estimate of drug-likeness (QED) is 0.919. The Morgan fingerprint density at radius 2 is 1.85 bits per heavy atom. The van der Waals surface area contributed by atoms with Crippen molar-refractivity contribution >= 4 is 11.6 Å². The van der Waals surface area contributed by atoms with Crippen LogP contribution >= 0.6 is 0 Å². The van der Waals surface area contributed by atoms with Gasteiger partial charge in [0.2, 0.25) is 0 Å². The zero-order valence-electron chi connectivity index (χ0n) is 13.3. The van der Waals surface area contributed by atoms with Gasteiger partial charge in [0, 0.05) is 30.6 Å². The van der Waals surface area contributed by atoms with E-state index in [2.05, 4.69) is 44.8 Å². The van der Waals surface area contributed by atoms with Crippen molar-refractivity contribution in [3.8, 4) is 0 Å². The topological polar surface area (TPSA) is 50.3 Å². The number of ether oxygens (including phenoxy) is 1. The van der Waals surface area contributed by atoms with Gasteiger partial charge in [0.15, 0.2) is 0 Å². The fraction of sp³-hybridized carbons (Fsp3) is 0.733. The minimum absolute atomic E-state index is 0.0566. The Kier molecular flexibility index (Phi) is 4.48. The second-order valence-electron chi connectivity index (χ2n) is 6.22. The molecule has 0 bridgehead atoms. The van der Waals surface area contributed by atoms with E-state index in [1.165, 1.54) is 0 Å². The van der Waals surface area contributed by atoms with Crippen molar-refractivity contribution in [2.45, 2.75) is 40.0 Å². The van der Waals surface area contributed by atoms with Gasteiger partial charge in [-0.05, 0) is 13.8 Å². The zero-order valence-corrected chi connectivity index (χ0v) is 13.3. The summed E-state index contributed by atoms with van der Waals surface area (Å²) in [6, 6.07) is 0. The molecule has 5 nitrogen and oxygen atoms in total. The van der Waals surface area contributed by atoms with Crippen LogP contribution in [0.4, 0.5) is 11.6 Å². The summed E-state index contributed by atoms with van der Waals surface area (Å²) in [6.07, 6.45) is 0. The fourth-order valence-electron chi connectivity index (χ4n) is 2.26. The Hall–Kier alpha value is -1.36. The van der Waals surface area contributed by atoms with Gasteiger partial charge in [-0.15, -0.1) is 0 Å². The summed E-state index contributed by atoms with van der Waals surface area (Å²) in [4.78, 5) is 11.8. The van der Waals surface area contributed by atoms with Crippen molar-refractivity contribution in [2.24, 2.45) is 0 Å². The van der Waals surface area contributed by atoms with Crippen LogP contribution in [-0.4, -0.2) is 42.8 Å². The van der Waals surface area contributed by atoms with E-state index < -0.39 is 0 Å². The van der Waals surface area contributed by atoms with Gasteiger partial charge in [0.25, 0.3) is 0 Å². The molecule has 1 aromatic rings. The molecule has 0 amide bonds. The lowest BCUT2D eigenvalue weighted by Crippen LogP contribution is -2.38. The van der Waals surface area contributed by atoms with E-state index in [1.54, 1.807) is 0 Å². The lowest BCUT2D eigenvalue weighted by atomic mass is 9.95. The Labute approximate surface area is 121 Å². The molecule has 112 valence electrons. The molecule has 1 N–H and O–H groups in total. The Bertz CT molecular complexity index is 462. The predicted octanol–water partition coefficient (Wildman–Crippen LogP) is 2.35. The van der Waals surface area contributed by atoms with Gasteiger partial charge >= 0.3 is 0 Å². The van der Waals surface area contributed by atoms with Crippen molar-refractivity contribution in [1.29, 1.82) is 0 Å². The average molecular weight is 278 g/mol. The number of nitrogens with zero attached hydrogens (tertiary/aromatic N) is 3. The first-order valence-electron chi connectivity index (χ1n) is 7.39. The summed E-state index contributed by atoms with van der Waals surface area (Å²) in [5.74, 6) is 2.89. The van der Waals surface area contributed by atoms with Crippen LogP contribution in [0.2, 0.25) is 0 Å². The highest BCUT2D eigenvalue weighted by atomic mass is 16.5. The first kappa shape index (κ1) is 15.0. The molecular weight excluding hydrogens is 252 g/mol. The number of hydrogen-bond donors (Lipinski definition) is 1. The molecule has 5 heteroatoms. The van der Waals surface area contributed by atoms with Crippen LogP contribution in [0.15, 0.2) is 0 Å². The number of hydrogen-bond acceptors (Lipinski definition) is 5. The van der Waals surface area contributed by atoms with Gasteiger partial charge in [-0.1, -0.05) is 20.8 Å². The Morgan fingerprint density at radius 3 is 2.40 bits per heavy atom. The van der Waals surface area contributed by atoms with Gasteiger partial charge < -0.3 is 15.0 Å². The number of anilines is 2. The highest BCUT2D eigenvalue weighted by molar-refractivity contribution is 5.59. The molecule has 0 atom stereocenters. The molecule has 0 saturated carbocycles. The van der Waals surface area contributed by atoms with Crippen LogP contribution in [0.25, 0.3) is 0 Å². The van der Waals surface area contributed by atoms with Gasteiger partial charge in [-0.2, -0.15) is 0 Å². The third-order valence-electron chi connectivity index (χ3n) is 3.45. The van der Waals surface area contributed by atoms with Gasteiger partial charge in [0.1, 0.15) is 17.5 Å². The molecule has 1 saturated heterocycles. The summed E-state index contributed by atoms with van der Waals surface area (Å²) in [6.45, 7) is 14.8. The van der Waals surface area contributed by atoms with E-state index in [1.807, 2.05) is 0 Å². The second kappa shape index (κ2) is 5.95.